The Bertz CT molecular complexity index is 403. The second-order valence-electron chi connectivity index (χ2n) is 5.05. The van der Waals surface area contributed by atoms with Crippen LogP contribution >= 0.6 is 0 Å². The number of aliphatic hydroxyl groups excluding tert-OH is 1. The second-order valence-corrected chi connectivity index (χ2v) is 5.05. The maximum absolute atomic E-state index is 11.8. The Labute approximate surface area is 107 Å². The van der Waals surface area contributed by atoms with E-state index in [4.69, 9.17) is 0 Å². The van der Waals surface area contributed by atoms with Crippen molar-refractivity contribution in [2.75, 3.05) is 0 Å². The van der Waals surface area contributed by atoms with E-state index >= 15 is 0 Å². The molecule has 2 unspecified atom stereocenters. The smallest absolute Gasteiger partial charge is 0.220 e. The van der Waals surface area contributed by atoms with Crippen molar-refractivity contribution in [2.45, 2.75) is 50.7 Å². The molecule has 5 nitrogen and oxygen atoms in total. The Kier molecular flexibility index (Phi) is 4.36. The fourth-order valence-corrected chi connectivity index (χ4v) is 2.42. The van der Waals surface area contributed by atoms with Crippen LogP contribution in [-0.4, -0.2) is 32.9 Å². The number of carbonyl (C=O) groups is 1. The topological polar surface area (TPSA) is 67.2 Å². The van der Waals surface area contributed by atoms with Crippen molar-refractivity contribution in [1.82, 2.24) is 15.1 Å². The Balaban J connectivity index is 1.74. The van der Waals surface area contributed by atoms with Gasteiger partial charge in [-0.1, -0.05) is 12.8 Å². The van der Waals surface area contributed by atoms with Crippen LogP contribution in [0.2, 0.25) is 0 Å². The van der Waals surface area contributed by atoms with Crippen molar-refractivity contribution in [3.8, 4) is 0 Å². The van der Waals surface area contributed by atoms with Gasteiger partial charge in [-0.3, -0.25) is 9.48 Å². The van der Waals surface area contributed by atoms with Crippen molar-refractivity contribution in [3.63, 3.8) is 0 Å². The molecule has 0 bridgehead atoms. The van der Waals surface area contributed by atoms with Crippen LogP contribution in [0, 0.1) is 0 Å². The zero-order chi connectivity index (χ0) is 13.0. The van der Waals surface area contributed by atoms with Crippen LogP contribution in [0.25, 0.3) is 0 Å². The van der Waals surface area contributed by atoms with Crippen molar-refractivity contribution >= 4 is 5.91 Å². The highest BCUT2D eigenvalue weighted by Gasteiger charge is 2.24. The molecule has 1 saturated carbocycles. The number of aromatic nitrogens is 2. The molecule has 100 valence electrons. The van der Waals surface area contributed by atoms with Gasteiger partial charge in [0.1, 0.15) is 0 Å². The van der Waals surface area contributed by atoms with E-state index in [0.717, 1.165) is 31.2 Å². The molecule has 1 aromatic heterocycles. The van der Waals surface area contributed by atoms with E-state index in [1.54, 1.807) is 10.9 Å². The Morgan fingerprint density at radius 2 is 2.33 bits per heavy atom. The molecule has 18 heavy (non-hydrogen) atoms. The van der Waals surface area contributed by atoms with E-state index in [-0.39, 0.29) is 18.1 Å². The Morgan fingerprint density at radius 3 is 3.00 bits per heavy atom. The fraction of sp³-hybridized carbons (Fsp3) is 0.692. The first-order valence-electron chi connectivity index (χ1n) is 6.60. The number of rotatable bonds is 4. The maximum Gasteiger partial charge on any atom is 0.220 e. The van der Waals surface area contributed by atoms with Crippen molar-refractivity contribution in [1.29, 1.82) is 0 Å². The van der Waals surface area contributed by atoms with Crippen LogP contribution in [0.1, 0.15) is 37.7 Å². The van der Waals surface area contributed by atoms with E-state index in [0.29, 0.717) is 12.8 Å². The van der Waals surface area contributed by atoms with Gasteiger partial charge < -0.3 is 10.4 Å². The average Bonchev–Trinajstić information content (AvgIpc) is 2.76. The van der Waals surface area contributed by atoms with Gasteiger partial charge in [0.2, 0.25) is 5.91 Å². The van der Waals surface area contributed by atoms with Crippen molar-refractivity contribution in [3.05, 3.63) is 18.0 Å². The minimum Gasteiger partial charge on any atom is -0.391 e. The number of nitrogens with zero attached hydrogens (tertiary/aromatic N) is 2. The molecule has 0 aliphatic heterocycles. The lowest BCUT2D eigenvalue weighted by Crippen LogP contribution is -2.45. The summed E-state index contributed by atoms with van der Waals surface area (Å²) in [6.07, 6.45) is 8.31. The van der Waals surface area contributed by atoms with Gasteiger partial charge in [0.15, 0.2) is 0 Å². The average molecular weight is 251 g/mol. The van der Waals surface area contributed by atoms with Crippen LogP contribution in [-0.2, 0) is 18.3 Å². The van der Waals surface area contributed by atoms with Gasteiger partial charge in [-0.25, -0.2) is 0 Å². The molecule has 0 saturated heterocycles. The number of carbonyl (C=O) groups excluding carboxylic acids is 1. The van der Waals surface area contributed by atoms with Crippen LogP contribution in [0.3, 0.4) is 0 Å². The lowest BCUT2D eigenvalue weighted by Gasteiger charge is -2.28. The number of hydrogen-bond donors (Lipinski definition) is 2. The molecular formula is C13H21N3O2. The molecule has 2 rings (SSSR count). The van der Waals surface area contributed by atoms with Gasteiger partial charge in [-0.15, -0.1) is 0 Å². The van der Waals surface area contributed by atoms with E-state index in [2.05, 4.69) is 10.4 Å². The van der Waals surface area contributed by atoms with Crippen molar-refractivity contribution < 1.29 is 9.90 Å². The highest BCUT2D eigenvalue weighted by molar-refractivity contribution is 5.76. The molecule has 1 heterocycles. The summed E-state index contributed by atoms with van der Waals surface area (Å²) in [6, 6.07) is -0.0554. The number of aliphatic hydroxyl groups is 1. The van der Waals surface area contributed by atoms with Gasteiger partial charge in [-0.2, -0.15) is 5.10 Å². The third-order valence-corrected chi connectivity index (χ3v) is 3.47. The summed E-state index contributed by atoms with van der Waals surface area (Å²) in [6.45, 7) is 0. The molecular weight excluding hydrogens is 230 g/mol. The SMILES string of the molecule is Cn1cc(CCC(=O)NC2CCCCC2O)cn1. The zero-order valence-electron chi connectivity index (χ0n) is 10.8. The molecule has 5 heteroatoms. The number of aryl methyl sites for hydroxylation is 2. The largest absolute Gasteiger partial charge is 0.391 e. The minimum atomic E-state index is -0.374. The van der Waals surface area contributed by atoms with Gasteiger partial charge in [0.25, 0.3) is 0 Å². The molecule has 0 aromatic carbocycles. The van der Waals surface area contributed by atoms with E-state index < -0.39 is 0 Å². The van der Waals surface area contributed by atoms with Crippen LogP contribution in [0.5, 0.6) is 0 Å². The summed E-state index contributed by atoms with van der Waals surface area (Å²) in [5, 5.41) is 16.8. The highest BCUT2D eigenvalue weighted by atomic mass is 16.3. The second kappa shape index (κ2) is 6.00. The summed E-state index contributed by atoms with van der Waals surface area (Å²) in [7, 11) is 1.86. The van der Waals surface area contributed by atoms with Gasteiger partial charge in [0, 0.05) is 19.7 Å². The molecule has 0 radical (unpaired) electrons. The quantitative estimate of drug-likeness (QED) is 0.830. The summed E-state index contributed by atoms with van der Waals surface area (Å²) < 4.78 is 1.73. The third kappa shape index (κ3) is 3.57. The standard InChI is InChI=1S/C13H21N3O2/c1-16-9-10(8-14-16)6-7-13(18)15-11-4-2-3-5-12(11)17/h8-9,11-12,17H,2-7H2,1H3,(H,15,18). The Morgan fingerprint density at radius 1 is 1.56 bits per heavy atom. The molecule has 1 fully saturated rings. The van der Waals surface area contributed by atoms with Crippen LogP contribution in [0.15, 0.2) is 12.4 Å². The summed E-state index contributed by atoms with van der Waals surface area (Å²) in [5.41, 5.74) is 1.07. The van der Waals surface area contributed by atoms with Crippen molar-refractivity contribution in [2.24, 2.45) is 7.05 Å². The third-order valence-electron chi connectivity index (χ3n) is 3.47. The minimum absolute atomic E-state index is 0.0183. The van der Waals surface area contributed by atoms with Gasteiger partial charge >= 0.3 is 0 Å². The van der Waals surface area contributed by atoms with Gasteiger partial charge in [-0.05, 0) is 24.8 Å². The zero-order valence-corrected chi connectivity index (χ0v) is 10.8. The number of hydrogen-bond acceptors (Lipinski definition) is 3. The van der Waals surface area contributed by atoms with Gasteiger partial charge in [0.05, 0.1) is 18.3 Å². The van der Waals surface area contributed by atoms with Crippen LogP contribution < -0.4 is 5.32 Å². The molecule has 1 aliphatic rings. The summed E-state index contributed by atoms with van der Waals surface area (Å²) in [5.74, 6) is 0.0183. The van der Waals surface area contributed by atoms with Crippen LogP contribution in [0.4, 0.5) is 0 Å². The lowest BCUT2D eigenvalue weighted by molar-refractivity contribution is -0.123. The maximum atomic E-state index is 11.8. The normalized spacial score (nSPS) is 23.9. The highest BCUT2D eigenvalue weighted by Crippen LogP contribution is 2.18. The first kappa shape index (κ1) is 13.1. The first-order chi connectivity index (χ1) is 8.65. The molecule has 1 aliphatic carbocycles. The Hall–Kier alpha value is -1.36. The predicted molar refractivity (Wildman–Crippen MR) is 67.9 cm³/mol. The predicted octanol–water partition coefficient (Wildman–Crippen LogP) is 0.772. The monoisotopic (exact) mass is 251 g/mol. The number of nitrogens with one attached hydrogen (secondary N) is 1. The summed E-state index contributed by atoms with van der Waals surface area (Å²) >= 11 is 0. The molecule has 2 atom stereocenters. The fourth-order valence-electron chi connectivity index (χ4n) is 2.42. The number of amides is 1. The van der Waals surface area contributed by atoms with E-state index in [1.807, 2.05) is 13.2 Å². The molecule has 1 amide bonds. The lowest BCUT2D eigenvalue weighted by atomic mass is 9.92. The molecule has 2 N–H and O–H groups in total. The molecule has 0 spiro atoms. The first-order valence-corrected chi connectivity index (χ1v) is 6.60. The summed E-state index contributed by atoms with van der Waals surface area (Å²) in [4.78, 5) is 11.8. The van der Waals surface area contributed by atoms with E-state index in [1.165, 1.54) is 0 Å². The van der Waals surface area contributed by atoms with E-state index in [9.17, 15) is 9.90 Å². The molecule has 1 aromatic rings.